The molecule has 2 heterocycles. The van der Waals surface area contributed by atoms with Crippen molar-refractivity contribution in [2.75, 3.05) is 11.5 Å². The van der Waals surface area contributed by atoms with Crippen LogP contribution in [0.1, 0.15) is 38.2 Å². The molecular formula is C29H33B2NO8. The number of nitrogens with zero attached hydrogens (tertiary/aromatic N) is 1. The Balaban J connectivity index is 1.42. The Kier molecular flexibility index (Phi) is 8.30. The molecule has 2 aliphatic heterocycles. The number of allylic oxidation sites excluding steroid dienone is 1. The van der Waals surface area contributed by atoms with Crippen molar-refractivity contribution < 1.29 is 39.5 Å². The summed E-state index contributed by atoms with van der Waals surface area (Å²) in [6, 6.07) is 13.0. The second-order valence-electron chi connectivity index (χ2n) is 10.7. The summed E-state index contributed by atoms with van der Waals surface area (Å²) in [6.07, 6.45) is 3.88. The van der Waals surface area contributed by atoms with Crippen molar-refractivity contribution in [3.8, 4) is 5.75 Å². The molecular weight excluding hydrogens is 512 g/mol. The Labute approximate surface area is 233 Å². The predicted octanol–water partition coefficient (Wildman–Crippen LogP) is 1.64. The zero-order valence-electron chi connectivity index (χ0n) is 22.3. The number of phenols is 1. The number of hydrogen-bond acceptors (Lipinski definition) is 8. The SMILES string of the molecule is CC/C(=C\c1ccc(O)cc1)CC[C@H]1OB(O)C[C@H]2C1=C(CO)C[C@H]1C(=O)N(c3cccc(B(O)O)c3)C(=O)[C@H]12. The van der Waals surface area contributed by atoms with Gasteiger partial charge in [-0.15, -0.1) is 0 Å². The van der Waals surface area contributed by atoms with Gasteiger partial charge >= 0.3 is 14.2 Å². The minimum absolute atomic E-state index is 0.142. The number of imide groups is 1. The van der Waals surface area contributed by atoms with E-state index in [9.17, 15) is 34.9 Å². The van der Waals surface area contributed by atoms with E-state index in [1.54, 1.807) is 24.3 Å². The van der Waals surface area contributed by atoms with E-state index in [0.29, 0.717) is 18.4 Å². The van der Waals surface area contributed by atoms with Crippen LogP contribution >= 0.6 is 0 Å². The highest BCUT2D eigenvalue weighted by atomic mass is 16.5. The van der Waals surface area contributed by atoms with Crippen LogP contribution in [-0.2, 0) is 14.2 Å². The monoisotopic (exact) mass is 545 g/mol. The number of fused-ring (bicyclic) bond motifs is 3. The lowest BCUT2D eigenvalue weighted by Crippen LogP contribution is -2.46. The summed E-state index contributed by atoms with van der Waals surface area (Å²) in [5, 5.41) is 49.8. The third-order valence-corrected chi connectivity index (χ3v) is 8.37. The van der Waals surface area contributed by atoms with Crippen molar-refractivity contribution in [1.29, 1.82) is 0 Å². The van der Waals surface area contributed by atoms with Gasteiger partial charge in [0.05, 0.1) is 30.2 Å². The van der Waals surface area contributed by atoms with E-state index >= 15 is 0 Å². The summed E-state index contributed by atoms with van der Waals surface area (Å²) in [5.41, 5.74) is 4.01. The lowest BCUT2D eigenvalue weighted by Gasteiger charge is -2.43. The van der Waals surface area contributed by atoms with Crippen LogP contribution in [0, 0.1) is 17.8 Å². The van der Waals surface area contributed by atoms with Gasteiger partial charge in [0, 0.05) is 0 Å². The summed E-state index contributed by atoms with van der Waals surface area (Å²) >= 11 is 0. The van der Waals surface area contributed by atoms with Crippen LogP contribution in [0.5, 0.6) is 5.75 Å². The number of phenolic OH excluding ortho intramolecular Hbond substituents is 1. The molecule has 40 heavy (non-hydrogen) atoms. The molecule has 2 fully saturated rings. The Morgan fingerprint density at radius 3 is 2.55 bits per heavy atom. The van der Waals surface area contributed by atoms with Gasteiger partial charge < -0.3 is 29.9 Å². The first-order chi connectivity index (χ1) is 19.2. The number of aliphatic hydroxyl groups is 1. The molecule has 2 saturated heterocycles. The van der Waals surface area contributed by atoms with E-state index in [2.05, 4.69) is 13.0 Å². The first kappa shape index (κ1) is 28.3. The van der Waals surface area contributed by atoms with Crippen LogP contribution in [0.2, 0.25) is 6.32 Å². The molecule has 5 N–H and O–H groups in total. The standard InChI is InChI=1S/C29H33B2NO8/c1-2-17(12-18-6-9-22(34)10-7-18)8-11-25-26-19(16-33)13-23-27(24(26)15-30(37)40-25)29(36)32(28(23)35)21-5-3-4-20(14-21)31(38)39/h3-7,9-10,12,14,23-25,27,33-34,37-39H,2,8,11,13,15-16H2,1H3/b17-12+/t23-,24+,25-,27-/m1/s1. The van der Waals surface area contributed by atoms with Crippen LogP contribution in [0.4, 0.5) is 5.69 Å². The number of benzene rings is 2. The maximum Gasteiger partial charge on any atom is 0.488 e. The fourth-order valence-electron chi connectivity index (χ4n) is 6.46. The number of hydrogen-bond donors (Lipinski definition) is 5. The number of amides is 2. The Bertz CT molecular complexity index is 1340. The van der Waals surface area contributed by atoms with Crippen molar-refractivity contribution in [3.63, 3.8) is 0 Å². The first-order valence-corrected chi connectivity index (χ1v) is 13.7. The second kappa shape index (κ2) is 11.7. The molecule has 9 nitrogen and oxygen atoms in total. The fourth-order valence-corrected chi connectivity index (χ4v) is 6.46. The largest absolute Gasteiger partial charge is 0.508 e. The molecule has 4 atom stereocenters. The van der Waals surface area contributed by atoms with Gasteiger partial charge in [-0.05, 0) is 84.4 Å². The van der Waals surface area contributed by atoms with Crippen molar-refractivity contribution >= 4 is 43.3 Å². The molecule has 1 aliphatic carbocycles. The van der Waals surface area contributed by atoms with E-state index in [1.807, 2.05) is 12.1 Å². The average molecular weight is 545 g/mol. The molecule has 5 rings (SSSR count). The summed E-state index contributed by atoms with van der Waals surface area (Å²) in [5.74, 6) is -2.45. The Morgan fingerprint density at radius 1 is 1.12 bits per heavy atom. The molecule has 0 unspecified atom stereocenters. The Morgan fingerprint density at radius 2 is 1.88 bits per heavy atom. The maximum atomic E-state index is 13.8. The van der Waals surface area contributed by atoms with Crippen LogP contribution < -0.4 is 10.4 Å². The molecule has 2 aromatic rings. The molecule has 0 aromatic heterocycles. The second-order valence-corrected chi connectivity index (χ2v) is 10.7. The van der Waals surface area contributed by atoms with Gasteiger partial charge in [0.15, 0.2) is 0 Å². The van der Waals surface area contributed by atoms with Crippen molar-refractivity contribution in [1.82, 2.24) is 0 Å². The van der Waals surface area contributed by atoms with Crippen molar-refractivity contribution in [2.45, 2.75) is 45.0 Å². The van der Waals surface area contributed by atoms with Gasteiger partial charge in [-0.25, -0.2) is 0 Å². The summed E-state index contributed by atoms with van der Waals surface area (Å²) in [6.45, 7) is 1.78. The molecule has 11 heteroatoms. The molecule has 0 spiro atoms. The smallest absolute Gasteiger partial charge is 0.488 e. The first-order valence-electron chi connectivity index (χ1n) is 13.7. The summed E-state index contributed by atoms with van der Waals surface area (Å²) < 4.78 is 5.97. The van der Waals surface area contributed by atoms with Crippen molar-refractivity contribution in [2.24, 2.45) is 17.8 Å². The summed E-state index contributed by atoms with van der Waals surface area (Å²) in [7, 11) is -2.86. The van der Waals surface area contributed by atoms with Crippen LogP contribution in [0.3, 0.4) is 0 Å². The van der Waals surface area contributed by atoms with E-state index in [0.717, 1.165) is 28.0 Å². The number of aromatic hydroxyl groups is 1. The molecule has 0 radical (unpaired) electrons. The van der Waals surface area contributed by atoms with Gasteiger partial charge in [0.1, 0.15) is 5.75 Å². The third kappa shape index (κ3) is 5.40. The van der Waals surface area contributed by atoms with E-state index in [-0.39, 0.29) is 36.2 Å². The van der Waals surface area contributed by atoms with Crippen LogP contribution in [0.15, 0.2) is 65.3 Å². The minimum atomic E-state index is -1.74. The van der Waals surface area contributed by atoms with Crippen LogP contribution in [-0.4, -0.2) is 64.0 Å². The van der Waals surface area contributed by atoms with Gasteiger partial charge in [-0.3, -0.25) is 14.5 Å². The van der Waals surface area contributed by atoms with E-state index in [4.69, 9.17) is 4.65 Å². The number of carbonyl (C=O) groups is 2. The topological polar surface area (TPSA) is 148 Å². The molecule has 208 valence electrons. The van der Waals surface area contributed by atoms with Gasteiger partial charge in [-0.1, -0.05) is 42.8 Å². The summed E-state index contributed by atoms with van der Waals surface area (Å²) in [4.78, 5) is 28.4. The lowest BCUT2D eigenvalue weighted by atomic mass is 9.58. The van der Waals surface area contributed by atoms with E-state index < -0.39 is 49.9 Å². The molecule has 0 bridgehead atoms. The molecule has 0 saturated carbocycles. The predicted molar refractivity (Wildman–Crippen MR) is 151 cm³/mol. The molecule has 3 aliphatic rings. The minimum Gasteiger partial charge on any atom is -0.508 e. The number of anilines is 1. The van der Waals surface area contributed by atoms with E-state index in [1.165, 1.54) is 12.1 Å². The number of aliphatic hydroxyl groups excluding tert-OH is 1. The quantitative estimate of drug-likeness (QED) is 0.191. The maximum absolute atomic E-state index is 13.8. The zero-order valence-corrected chi connectivity index (χ0v) is 22.3. The normalized spacial score (nSPS) is 24.9. The molecule has 2 aromatic carbocycles. The fraction of sp³-hybridized carbons (Fsp3) is 0.379. The zero-order chi connectivity index (χ0) is 28.6. The van der Waals surface area contributed by atoms with Gasteiger partial charge in [0.2, 0.25) is 11.8 Å². The lowest BCUT2D eigenvalue weighted by molar-refractivity contribution is -0.122. The highest BCUT2D eigenvalue weighted by Crippen LogP contribution is 2.51. The van der Waals surface area contributed by atoms with Crippen LogP contribution in [0.25, 0.3) is 6.08 Å². The third-order valence-electron chi connectivity index (χ3n) is 8.37. The molecule has 2 amide bonds. The number of carbonyl (C=O) groups excluding carboxylic acids is 2. The average Bonchev–Trinajstić information content (AvgIpc) is 3.20. The van der Waals surface area contributed by atoms with Crippen molar-refractivity contribution in [3.05, 3.63) is 70.8 Å². The number of rotatable bonds is 8. The highest BCUT2D eigenvalue weighted by Gasteiger charge is 2.57. The Hall–Kier alpha value is -3.21. The van der Waals surface area contributed by atoms with Gasteiger partial charge in [0.25, 0.3) is 0 Å². The van der Waals surface area contributed by atoms with Gasteiger partial charge in [-0.2, -0.15) is 0 Å². The highest BCUT2D eigenvalue weighted by molar-refractivity contribution is 6.58.